The molecular weight excluding hydrogens is 168 g/mol. The van der Waals surface area contributed by atoms with Crippen LogP contribution in [-0.4, -0.2) is 39.6 Å². The summed E-state index contributed by atoms with van der Waals surface area (Å²) in [5.41, 5.74) is 0. The second-order valence-electron chi connectivity index (χ2n) is 3.69. The summed E-state index contributed by atoms with van der Waals surface area (Å²) in [6.45, 7) is 1.53. The lowest BCUT2D eigenvalue weighted by Crippen LogP contribution is -2.30. The second-order valence-corrected chi connectivity index (χ2v) is 3.69. The summed E-state index contributed by atoms with van der Waals surface area (Å²) in [6, 6.07) is 0. The molecule has 2 aliphatic heterocycles. The highest BCUT2D eigenvalue weighted by Gasteiger charge is 2.45. The van der Waals surface area contributed by atoms with Gasteiger partial charge in [0.25, 0.3) is 0 Å². The van der Waals surface area contributed by atoms with Gasteiger partial charge in [0.1, 0.15) is 0 Å². The zero-order valence-electron chi connectivity index (χ0n) is 8.10. The Kier molecular flexibility index (Phi) is 2.67. The monoisotopic (exact) mass is 184 g/mol. The molecule has 2 aliphatic rings. The van der Waals surface area contributed by atoms with E-state index in [0.29, 0.717) is 11.8 Å². The molecule has 4 atom stereocenters. The van der Waals surface area contributed by atoms with Crippen molar-refractivity contribution >= 4 is 0 Å². The smallest absolute Gasteiger partial charge is 0.0819 e. The molecule has 3 nitrogen and oxygen atoms in total. The molecule has 2 bridgehead atoms. The maximum absolute atomic E-state index is 5.73. The van der Waals surface area contributed by atoms with Gasteiger partial charge in [-0.3, -0.25) is 0 Å². The van der Waals surface area contributed by atoms with Crippen molar-refractivity contribution in [2.24, 2.45) is 11.8 Å². The number of ether oxygens (including phenoxy) is 3. The van der Waals surface area contributed by atoms with E-state index in [-0.39, 0.29) is 12.2 Å². The summed E-state index contributed by atoms with van der Waals surface area (Å²) in [4.78, 5) is 0. The van der Waals surface area contributed by atoms with E-state index in [9.17, 15) is 0 Å². The summed E-state index contributed by atoms with van der Waals surface area (Å²) < 4.78 is 16.1. The van der Waals surface area contributed by atoms with Crippen LogP contribution in [0.4, 0.5) is 0 Å². The highest BCUT2D eigenvalue weighted by atomic mass is 16.5. The first kappa shape index (κ1) is 9.19. The maximum Gasteiger partial charge on any atom is 0.0819 e. The van der Waals surface area contributed by atoms with E-state index in [1.165, 1.54) is 0 Å². The predicted octanol–water partition coefficient (Wildman–Crippen LogP) is 0.849. The lowest BCUT2D eigenvalue weighted by molar-refractivity contribution is 0.0799. The van der Waals surface area contributed by atoms with Crippen molar-refractivity contribution in [3.8, 4) is 0 Å². The first-order valence-corrected chi connectivity index (χ1v) is 4.68. The van der Waals surface area contributed by atoms with E-state index in [2.05, 4.69) is 12.2 Å². The molecule has 3 heteroatoms. The zero-order chi connectivity index (χ0) is 9.26. The minimum Gasteiger partial charge on any atom is -0.384 e. The molecule has 0 spiro atoms. The summed E-state index contributed by atoms with van der Waals surface area (Å²) in [5, 5.41) is 0. The molecule has 1 saturated heterocycles. The summed E-state index contributed by atoms with van der Waals surface area (Å²) >= 11 is 0. The van der Waals surface area contributed by atoms with Gasteiger partial charge in [0, 0.05) is 26.1 Å². The van der Waals surface area contributed by atoms with Crippen LogP contribution in [0.2, 0.25) is 0 Å². The largest absolute Gasteiger partial charge is 0.384 e. The second kappa shape index (κ2) is 3.78. The summed E-state index contributed by atoms with van der Waals surface area (Å²) in [6.07, 6.45) is 4.79. The van der Waals surface area contributed by atoms with Gasteiger partial charge in [0.15, 0.2) is 0 Å². The third-order valence-electron chi connectivity index (χ3n) is 2.92. The Morgan fingerprint density at radius 2 is 1.46 bits per heavy atom. The highest BCUT2D eigenvalue weighted by molar-refractivity contribution is 5.14. The van der Waals surface area contributed by atoms with Crippen molar-refractivity contribution in [1.82, 2.24) is 0 Å². The van der Waals surface area contributed by atoms with Gasteiger partial charge < -0.3 is 14.2 Å². The lowest BCUT2D eigenvalue weighted by Gasteiger charge is -2.23. The summed E-state index contributed by atoms with van der Waals surface area (Å²) in [7, 11) is 3.47. The number of fused-ring (bicyclic) bond motifs is 2. The van der Waals surface area contributed by atoms with Crippen LogP contribution in [-0.2, 0) is 14.2 Å². The van der Waals surface area contributed by atoms with Crippen molar-refractivity contribution in [2.45, 2.75) is 12.2 Å². The number of hydrogen-bond donors (Lipinski definition) is 0. The van der Waals surface area contributed by atoms with Gasteiger partial charge in [0.2, 0.25) is 0 Å². The van der Waals surface area contributed by atoms with E-state index < -0.39 is 0 Å². The van der Waals surface area contributed by atoms with Crippen molar-refractivity contribution in [3.05, 3.63) is 12.2 Å². The average molecular weight is 184 g/mol. The molecule has 13 heavy (non-hydrogen) atoms. The molecule has 0 saturated carbocycles. The first-order chi connectivity index (χ1) is 6.36. The number of hydrogen-bond acceptors (Lipinski definition) is 3. The van der Waals surface area contributed by atoms with Gasteiger partial charge in [-0.15, -0.1) is 0 Å². The van der Waals surface area contributed by atoms with Crippen LogP contribution in [0.5, 0.6) is 0 Å². The fourth-order valence-corrected chi connectivity index (χ4v) is 2.29. The minimum absolute atomic E-state index is 0.255. The van der Waals surface area contributed by atoms with Gasteiger partial charge in [-0.05, 0) is 0 Å². The van der Waals surface area contributed by atoms with Crippen LogP contribution in [0.15, 0.2) is 12.2 Å². The molecule has 2 unspecified atom stereocenters. The van der Waals surface area contributed by atoms with E-state index in [1.807, 2.05) is 0 Å². The molecule has 0 amide bonds. The first-order valence-electron chi connectivity index (χ1n) is 4.68. The Bertz CT molecular complexity index is 182. The average Bonchev–Trinajstić information content (AvgIpc) is 2.69. The zero-order valence-corrected chi connectivity index (χ0v) is 8.10. The third-order valence-corrected chi connectivity index (χ3v) is 2.92. The highest BCUT2D eigenvalue weighted by Crippen LogP contribution is 2.39. The SMILES string of the molecule is COCC1C(COC)[C@H]2C=C[C@H]1O2. The van der Waals surface area contributed by atoms with Crippen LogP contribution < -0.4 is 0 Å². The normalized spacial score (nSPS) is 41.7. The molecule has 0 aromatic carbocycles. The predicted molar refractivity (Wildman–Crippen MR) is 48.5 cm³/mol. The van der Waals surface area contributed by atoms with Crippen molar-refractivity contribution in [3.63, 3.8) is 0 Å². The standard InChI is InChI=1S/C10H16O3/c1-11-5-7-8(6-12-2)10-4-3-9(7)13-10/h3-4,7-10H,5-6H2,1-2H3/t7?,8?,9-,10-/m1/s1. The topological polar surface area (TPSA) is 27.7 Å². The van der Waals surface area contributed by atoms with Gasteiger partial charge in [-0.2, -0.15) is 0 Å². The number of rotatable bonds is 4. The van der Waals surface area contributed by atoms with E-state index in [1.54, 1.807) is 14.2 Å². The van der Waals surface area contributed by atoms with Gasteiger partial charge >= 0.3 is 0 Å². The molecule has 1 fully saturated rings. The molecule has 2 rings (SSSR count). The van der Waals surface area contributed by atoms with Gasteiger partial charge in [0.05, 0.1) is 25.4 Å². The quantitative estimate of drug-likeness (QED) is 0.606. The molecule has 0 radical (unpaired) electrons. The van der Waals surface area contributed by atoms with Crippen LogP contribution in [0.1, 0.15) is 0 Å². The lowest BCUT2D eigenvalue weighted by atomic mass is 9.84. The van der Waals surface area contributed by atoms with E-state index in [4.69, 9.17) is 14.2 Å². The van der Waals surface area contributed by atoms with Gasteiger partial charge in [-0.1, -0.05) is 12.2 Å². The summed E-state index contributed by atoms with van der Waals surface area (Å²) in [5.74, 6) is 0.944. The molecule has 74 valence electrons. The molecular formula is C10H16O3. The minimum atomic E-state index is 0.255. The van der Waals surface area contributed by atoms with Crippen LogP contribution in [0, 0.1) is 11.8 Å². The Hall–Kier alpha value is -0.380. The molecule has 0 N–H and O–H groups in total. The van der Waals surface area contributed by atoms with Crippen molar-refractivity contribution < 1.29 is 14.2 Å². The van der Waals surface area contributed by atoms with E-state index >= 15 is 0 Å². The van der Waals surface area contributed by atoms with Crippen molar-refractivity contribution in [2.75, 3.05) is 27.4 Å². The molecule has 0 aromatic rings. The molecule has 0 aliphatic carbocycles. The fraction of sp³-hybridized carbons (Fsp3) is 0.800. The fourth-order valence-electron chi connectivity index (χ4n) is 2.29. The Balaban J connectivity index is 2.02. The Morgan fingerprint density at radius 1 is 1.00 bits per heavy atom. The van der Waals surface area contributed by atoms with Crippen molar-refractivity contribution in [1.29, 1.82) is 0 Å². The van der Waals surface area contributed by atoms with Crippen LogP contribution in [0.25, 0.3) is 0 Å². The van der Waals surface area contributed by atoms with E-state index in [0.717, 1.165) is 13.2 Å². The Labute approximate surface area is 78.7 Å². The maximum atomic E-state index is 5.73. The third kappa shape index (κ3) is 1.52. The molecule has 2 heterocycles. The van der Waals surface area contributed by atoms with Gasteiger partial charge in [-0.25, -0.2) is 0 Å². The molecule has 0 aromatic heterocycles. The number of methoxy groups -OCH3 is 2. The Morgan fingerprint density at radius 3 is 1.85 bits per heavy atom. The van der Waals surface area contributed by atoms with Crippen LogP contribution in [0.3, 0.4) is 0 Å². The van der Waals surface area contributed by atoms with Crippen LogP contribution >= 0.6 is 0 Å².